The highest BCUT2D eigenvalue weighted by Gasteiger charge is 2.25. The van der Waals surface area contributed by atoms with Crippen LogP contribution in [0.25, 0.3) is 0 Å². The highest BCUT2D eigenvalue weighted by atomic mass is 16.5. The van der Waals surface area contributed by atoms with Gasteiger partial charge in [0.25, 0.3) is 0 Å². The Labute approximate surface area is 130 Å². The Morgan fingerprint density at radius 3 is 2.48 bits per heavy atom. The molecule has 0 aromatic rings. The molecule has 1 rings (SSSR count). The van der Waals surface area contributed by atoms with Gasteiger partial charge in [0.15, 0.2) is 0 Å². The highest BCUT2D eigenvalue weighted by Crippen LogP contribution is 2.26. The first-order chi connectivity index (χ1) is 9.84. The van der Waals surface area contributed by atoms with Crippen LogP contribution >= 0.6 is 0 Å². The molecule has 4 atom stereocenters. The average Bonchev–Trinajstić information content (AvgIpc) is 2.41. The zero-order valence-corrected chi connectivity index (χ0v) is 14.3. The maximum Gasteiger partial charge on any atom is 0.0897 e. The van der Waals surface area contributed by atoms with Gasteiger partial charge >= 0.3 is 0 Å². The third kappa shape index (κ3) is 7.09. The first-order valence-corrected chi connectivity index (χ1v) is 8.48. The minimum atomic E-state index is -0.484. The van der Waals surface area contributed by atoms with Gasteiger partial charge in [0, 0.05) is 19.2 Å². The number of hydrogen-bond acceptors (Lipinski definition) is 4. The van der Waals surface area contributed by atoms with Crippen molar-refractivity contribution in [3.05, 3.63) is 0 Å². The first kappa shape index (κ1) is 18.9. The summed E-state index contributed by atoms with van der Waals surface area (Å²) in [5.41, 5.74) is 0.0706. The van der Waals surface area contributed by atoms with Crippen molar-refractivity contribution in [3.63, 3.8) is 0 Å². The van der Waals surface area contributed by atoms with Gasteiger partial charge in [-0.2, -0.15) is 0 Å². The third-order valence-electron chi connectivity index (χ3n) is 4.60. The molecule has 0 saturated heterocycles. The van der Waals surface area contributed by atoms with Crippen LogP contribution in [0, 0.1) is 11.3 Å². The Morgan fingerprint density at radius 1 is 1.24 bits per heavy atom. The Morgan fingerprint density at radius 2 is 1.90 bits per heavy atom. The third-order valence-corrected chi connectivity index (χ3v) is 4.60. The van der Waals surface area contributed by atoms with Crippen LogP contribution in [0.2, 0.25) is 0 Å². The lowest BCUT2D eigenvalue weighted by Crippen LogP contribution is -2.45. The molecule has 0 spiro atoms. The van der Waals surface area contributed by atoms with Gasteiger partial charge in [-0.15, -0.1) is 0 Å². The Bertz CT molecular complexity index is 278. The summed E-state index contributed by atoms with van der Waals surface area (Å²) in [5, 5.41) is 22.6. The number of aliphatic hydroxyl groups excluding tert-OH is 2. The van der Waals surface area contributed by atoms with Gasteiger partial charge in [-0.1, -0.05) is 40.5 Å². The van der Waals surface area contributed by atoms with Gasteiger partial charge in [0.1, 0.15) is 0 Å². The SMILES string of the molecule is CC1CCCCC1OCC(O)CNC(CCO)C(C)(C)C. The molecule has 0 aromatic heterocycles. The van der Waals surface area contributed by atoms with Gasteiger partial charge in [-0.05, 0) is 30.6 Å². The van der Waals surface area contributed by atoms with Crippen LogP contribution in [0.1, 0.15) is 59.8 Å². The molecular formula is C17H35NO3. The summed E-state index contributed by atoms with van der Waals surface area (Å²) in [5.74, 6) is 0.607. The quantitative estimate of drug-likeness (QED) is 0.644. The molecule has 21 heavy (non-hydrogen) atoms. The molecule has 3 N–H and O–H groups in total. The van der Waals surface area contributed by atoms with E-state index in [9.17, 15) is 5.11 Å². The van der Waals surface area contributed by atoms with E-state index in [2.05, 4.69) is 33.0 Å². The van der Waals surface area contributed by atoms with Gasteiger partial charge in [-0.25, -0.2) is 0 Å². The fourth-order valence-corrected chi connectivity index (χ4v) is 3.07. The molecule has 4 unspecified atom stereocenters. The molecule has 0 radical (unpaired) electrons. The summed E-state index contributed by atoms with van der Waals surface area (Å²) < 4.78 is 5.90. The van der Waals surface area contributed by atoms with Crippen molar-refractivity contribution in [1.29, 1.82) is 0 Å². The lowest BCUT2D eigenvalue weighted by molar-refractivity contribution is -0.0464. The number of hydrogen-bond donors (Lipinski definition) is 3. The summed E-state index contributed by atoms with van der Waals surface area (Å²) >= 11 is 0. The summed E-state index contributed by atoms with van der Waals surface area (Å²) in [6.07, 6.45) is 5.44. The van der Waals surface area contributed by atoms with Crippen LogP contribution in [0.4, 0.5) is 0 Å². The van der Waals surface area contributed by atoms with Crippen LogP contribution in [0.3, 0.4) is 0 Å². The van der Waals surface area contributed by atoms with E-state index < -0.39 is 6.10 Å². The molecule has 1 aliphatic rings. The Hall–Kier alpha value is -0.160. The smallest absolute Gasteiger partial charge is 0.0897 e. The molecular weight excluding hydrogens is 266 g/mol. The largest absolute Gasteiger partial charge is 0.396 e. The zero-order valence-electron chi connectivity index (χ0n) is 14.3. The van der Waals surface area contributed by atoms with E-state index >= 15 is 0 Å². The minimum Gasteiger partial charge on any atom is -0.396 e. The van der Waals surface area contributed by atoms with Crippen LogP contribution in [0.15, 0.2) is 0 Å². The second-order valence-electron chi connectivity index (χ2n) is 7.63. The second kappa shape index (κ2) is 9.09. The topological polar surface area (TPSA) is 61.7 Å². The van der Waals surface area contributed by atoms with E-state index in [0.717, 1.165) is 6.42 Å². The van der Waals surface area contributed by atoms with Crippen molar-refractivity contribution in [1.82, 2.24) is 5.32 Å². The highest BCUT2D eigenvalue weighted by molar-refractivity contribution is 4.81. The molecule has 1 saturated carbocycles. The molecule has 4 heteroatoms. The van der Waals surface area contributed by atoms with Crippen molar-refractivity contribution in [2.45, 2.75) is 78.0 Å². The molecule has 0 aliphatic heterocycles. The van der Waals surface area contributed by atoms with Gasteiger partial charge in [-0.3, -0.25) is 0 Å². The van der Waals surface area contributed by atoms with Gasteiger partial charge < -0.3 is 20.3 Å². The van der Waals surface area contributed by atoms with Crippen LogP contribution in [-0.2, 0) is 4.74 Å². The standard InChI is InChI=1S/C17H35NO3/c1-13-7-5-6-8-15(13)21-12-14(20)11-18-16(9-10-19)17(2,3)4/h13-16,18-20H,5-12H2,1-4H3. The van der Waals surface area contributed by atoms with Crippen molar-refractivity contribution in [2.75, 3.05) is 19.8 Å². The minimum absolute atomic E-state index is 0.0706. The first-order valence-electron chi connectivity index (χ1n) is 8.48. The number of aliphatic hydroxyl groups is 2. The van der Waals surface area contributed by atoms with Gasteiger partial charge in [0.05, 0.1) is 18.8 Å². The van der Waals surface area contributed by atoms with E-state index in [1.165, 1.54) is 19.3 Å². The fraction of sp³-hybridized carbons (Fsp3) is 1.00. The van der Waals surface area contributed by atoms with E-state index in [1.54, 1.807) is 0 Å². The summed E-state index contributed by atoms with van der Waals surface area (Å²) in [7, 11) is 0. The maximum absolute atomic E-state index is 10.1. The molecule has 4 nitrogen and oxygen atoms in total. The molecule has 126 valence electrons. The average molecular weight is 301 g/mol. The van der Waals surface area contributed by atoms with Crippen molar-refractivity contribution < 1.29 is 14.9 Å². The predicted molar refractivity (Wildman–Crippen MR) is 86.3 cm³/mol. The van der Waals surface area contributed by atoms with E-state index in [0.29, 0.717) is 31.6 Å². The van der Waals surface area contributed by atoms with E-state index in [-0.39, 0.29) is 18.1 Å². The second-order valence-corrected chi connectivity index (χ2v) is 7.63. The summed E-state index contributed by atoms with van der Waals surface area (Å²) in [4.78, 5) is 0. The fourth-order valence-electron chi connectivity index (χ4n) is 3.07. The Balaban J connectivity index is 2.27. The predicted octanol–water partition coefficient (Wildman–Crippen LogP) is 2.33. The van der Waals surface area contributed by atoms with Crippen LogP contribution in [0.5, 0.6) is 0 Å². The molecule has 0 bridgehead atoms. The molecule has 0 heterocycles. The molecule has 0 amide bonds. The van der Waals surface area contributed by atoms with E-state index in [1.807, 2.05) is 0 Å². The lowest BCUT2D eigenvalue weighted by Gasteiger charge is -2.33. The molecule has 1 fully saturated rings. The maximum atomic E-state index is 10.1. The van der Waals surface area contributed by atoms with Crippen molar-refractivity contribution in [2.24, 2.45) is 11.3 Å². The van der Waals surface area contributed by atoms with Crippen LogP contribution in [-0.4, -0.2) is 48.2 Å². The molecule has 1 aliphatic carbocycles. The number of ether oxygens (including phenoxy) is 1. The summed E-state index contributed by atoms with van der Waals surface area (Å²) in [6, 6.07) is 0.200. The monoisotopic (exact) mass is 301 g/mol. The zero-order chi connectivity index (χ0) is 15.9. The number of nitrogens with one attached hydrogen (secondary N) is 1. The van der Waals surface area contributed by atoms with E-state index in [4.69, 9.17) is 9.84 Å². The van der Waals surface area contributed by atoms with Crippen molar-refractivity contribution >= 4 is 0 Å². The van der Waals surface area contributed by atoms with Gasteiger partial charge in [0.2, 0.25) is 0 Å². The summed E-state index contributed by atoms with van der Waals surface area (Å²) in [6.45, 7) is 9.76. The van der Waals surface area contributed by atoms with Crippen LogP contribution < -0.4 is 5.32 Å². The normalized spacial score (nSPS) is 26.6. The lowest BCUT2D eigenvalue weighted by atomic mass is 9.85. The Kier molecular flexibility index (Phi) is 8.17. The number of rotatable bonds is 8. The molecule has 0 aromatic carbocycles. The van der Waals surface area contributed by atoms with Crippen molar-refractivity contribution in [3.8, 4) is 0 Å².